The number of fused-ring (bicyclic) bond motifs is 1. The Hall–Kier alpha value is -3.16. The monoisotopic (exact) mass is 672 g/mol. The van der Waals surface area contributed by atoms with Crippen molar-refractivity contribution in [2.45, 2.75) is 31.4 Å². The van der Waals surface area contributed by atoms with E-state index in [-0.39, 0.29) is 22.0 Å². The average Bonchev–Trinajstić information content (AvgIpc) is 3.68. The molecule has 0 unspecified atom stereocenters. The van der Waals surface area contributed by atoms with Crippen LogP contribution in [0.2, 0.25) is 5.02 Å². The van der Waals surface area contributed by atoms with Crippen molar-refractivity contribution in [3.8, 4) is 11.3 Å². The van der Waals surface area contributed by atoms with Gasteiger partial charge in [-0.2, -0.15) is 18.3 Å². The molecule has 216 valence electrons. The normalized spacial score (nSPS) is 13.9. The van der Waals surface area contributed by atoms with Crippen molar-refractivity contribution >= 4 is 54.7 Å². The predicted molar refractivity (Wildman–Crippen MR) is 151 cm³/mol. The van der Waals surface area contributed by atoms with Gasteiger partial charge >= 0.3 is 6.18 Å². The average molecular weight is 674 g/mol. The highest BCUT2D eigenvalue weighted by Crippen LogP contribution is 2.45. The number of aromatic nitrogens is 2. The second-order valence-corrected chi connectivity index (χ2v) is 12.8. The Balaban J connectivity index is 1.52. The van der Waals surface area contributed by atoms with Gasteiger partial charge < -0.3 is 5.32 Å². The molecule has 4 aromatic rings. The number of rotatable bonds is 8. The summed E-state index contributed by atoms with van der Waals surface area (Å²) in [6.45, 7) is 0. The van der Waals surface area contributed by atoms with Gasteiger partial charge in [-0.3, -0.25) is 9.52 Å². The molecule has 0 spiro atoms. The van der Waals surface area contributed by atoms with Gasteiger partial charge in [-0.05, 0) is 76.5 Å². The number of halogens is 6. The first-order valence-corrected chi connectivity index (χ1v) is 15.2. The Kier molecular flexibility index (Phi) is 7.81. The first kappa shape index (κ1) is 29.3. The molecule has 7 nitrogen and oxygen atoms in total. The van der Waals surface area contributed by atoms with Crippen LogP contribution in [0.15, 0.2) is 53.1 Å². The van der Waals surface area contributed by atoms with Crippen LogP contribution in [0.1, 0.15) is 45.8 Å². The van der Waals surface area contributed by atoms with E-state index >= 15 is 0 Å². The molecule has 2 N–H and O–H groups in total. The SMILES string of the molecule is CNC(=O)c1c(-c2ccc(Cl)cc2)nn2cc(NS(=O)(=O)CCc3ccc(Br)c(F)c3C(F)(F)F)c(C3CC3)cc12. The fourth-order valence-corrected chi connectivity index (χ4v) is 6.20. The van der Waals surface area contributed by atoms with Crippen molar-refractivity contribution in [3.63, 3.8) is 0 Å². The summed E-state index contributed by atoms with van der Waals surface area (Å²) in [7, 11) is -2.69. The first-order valence-electron chi connectivity index (χ1n) is 12.4. The molecule has 14 heteroatoms. The molecule has 1 saturated carbocycles. The molecule has 1 fully saturated rings. The van der Waals surface area contributed by atoms with Crippen molar-refractivity contribution in [1.82, 2.24) is 14.9 Å². The van der Waals surface area contributed by atoms with E-state index in [1.54, 1.807) is 30.3 Å². The maximum atomic E-state index is 14.3. The summed E-state index contributed by atoms with van der Waals surface area (Å²) in [5.74, 6) is -2.58. The van der Waals surface area contributed by atoms with E-state index in [1.807, 2.05) is 0 Å². The van der Waals surface area contributed by atoms with Crippen LogP contribution in [0.4, 0.5) is 23.2 Å². The van der Waals surface area contributed by atoms with Gasteiger partial charge in [-0.15, -0.1) is 0 Å². The van der Waals surface area contributed by atoms with Crippen LogP contribution in [0.25, 0.3) is 16.8 Å². The number of carbonyl (C=O) groups is 1. The lowest BCUT2D eigenvalue weighted by Crippen LogP contribution is -2.21. The lowest BCUT2D eigenvalue weighted by molar-refractivity contribution is -0.140. The Bertz CT molecular complexity index is 1770. The summed E-state index contributed by atoms with van der Waals surface area (Å²) in [4.78, 5) is 12.9. The first-order chi connectivity index (χ1) is 19.3. The van der Waals surface area contributed by atoms with Crippen LogP contribution in [-0.4, -0.2) is 36.7 Å². The van der Waals surface area contributed by atoms with Crippen LogP contribution in [0.5, 0.6) is 0 Å². The molecule has 5 rings (SSSR count). The number of nitrogens with one attached hydrogen (secondary N) is 2. The number of nitrogens with zero attached hydrogens (tertiary/aromatic N) is 2. The Morgan fingerprint density at radius 3 is 2.46 bits per heavy atom. The highest BCUT2D eigenvalue weighted by Gasteiger charge is 2.38. The second kappa shape index (κ2) is 10.9. The zero-order valence-electron chi connectivity index (χ0n) is 21.3. The highest BCUT2D eigenvalue weighted by atomic mass is 79.9. The van der Waals surface area contributed by atoms with Crippen molar-refractivity contribution in [2.75, 3.05) is 17.5 Å². The van der Waals surface area contributed by atoms with Crippen LogP contribution in [0, 0.1) is 5.82 Å². The van der Waals surface area contributed by atoms with Crippen LogP contribution >= 0.6 is 27.5 Å². The standard InChI is InChI=1S/C27H22BrClF4N4O3S/c1-34-26(38)22-21-12-18(14-2-3-14)20(13-37(21)35-25(22)16-4-7-17(29)8-5-16)36-41(39,40)11-10-15-6-9-19(28)24(30)23(15)27(31,32)33/h4-9,12-14,36H,2-3,10-11H2,1H3,(H,34,38). The summed E-state index contributed by atoms with van der Waals surface area (Å²) in [6, 6.07) is 10.6. The molecule has 41 heavy (non-hydrogen) atoms. The van der Waals surface area contributed by atoms with E-state index in [0.717, 1.165) is 25.0 Å². The minimum Gasteiger partial charge on any atom is -0.355 e. The topological polar surface area (TPSA) is 92.6 Å². The summed E-state index contributed by atoms with van der Waals surface area (Å²) in [5.41, 5.74) is 0.591. The van der Waals surface area contributed by atoms with Crippen molar-refractivity contribution in [2.24, 2.45) is 0 Å². The summed E-state index contributed by atoms with van der Waals surface area (Å²) < 4.78 is 84.6. The molecule has 2 heterocycles. The molecule has 2 aromatic carbocycles. The number of anilines is 1. The number of benzene rings is 2. The number of amides is 1. The van der Waals surface area contributed by atoms with Gasteiger partial charge in [0.25, 0.3) is 5.91 Å². The Morgan fingerprint density at radius 2 is 1.85 bits per heavy atom. The van der Waals surface area contributed by atoms with Crippen LogP contribution < -0.4 is 10.0 Å². The van der Waals surface area contributed by atoms with Crippen LogP contribution in [-0.2, 0) is 22.6 Å². The van der Waals surface area contributed by atoms with E-state index in [1.165, 1.54) is 17.8 Å². The van der Waals surface area contributed by atoms with Crippen molar-refractivity contribution in [3.05, 3.63) is 86.2 Å². The molecule has 0 atom stereocenters. The number of sulfonamides is 1. The molecule has 1 aliphatic carbocycles. The third-order valence-electron chi connectivity index (χ3n) is 6.76. The fourth-order valence-electron chi connectivity index (χ4n) is 4.65. The zero-order valence-corrected chi connectivity index (χ0v) is 24.5. The van der Waals surface area contributed by atoms with Gasteiger partial charge in [0.1, 0.15) is 11.5 Å². The number of hydrogen-bond acceptors (Lipinski definition) is 4. The Labute approximate surface area is 246 Å². The van der Waals surface area contributed by atoms with Crippen LogP contribution in [0.3, 0.4) is 0 Å². The van der Waals surface area contributed by atoms with Gasteiger partial charge in [-0.25, -0.2) is 17.3 Å². The molecule has 2 aromatic heterocycles. The van der Waals surface area contributed by atoms with E-state index in [9.17, 15) is 30.8 Å². The van der Waals surface area contributed by atoms with Gasteiger partial charge in [0.05, 0.1) is 38.8 Å². The maximum absolute atomic E-state index is 14.3. The number of carbonyl (C=O) groups excluding carboxylic acids is 1. The largest absolute Gasteiger partial charge is 0.419 e. The highest BCUT2D eigenvalue weighted by molar-refractivity contribution is 9.10. The molecule has 0 bridgehead atoms. The second-order valence-electron chi connectivity index (χ2n) is 9.62. The van der Waals surface area contributed by atoms with Crippen molar-refractivity contribution < 1.29 is 30.8 Å². The van der Waals surface area contributed by atoms with E-state index in [0.29, 0.717) is 32.9 Å². The lowest BCUT2D eigenvalue weighted by Gasteiger charge is -2.16. The van der Waals surface area contributed by atoms with E-state index in [4.69, 9.17) is 11.6 Å². The van der Waals surface area contributed by atoms with Gasteiger partial charge in [0, 0.05) is 17.6 Å². The Morgan fingerprint density at radius 1 is 1.17 bits per heavy atom. The fraction of sp³-hybridized carbons (Fsp3) is 0.259. The molecule has 1 amide bonds. The predicted octanol–water partition coefficient (Wildman–Crippen LogP) is 6.80. The molecule has 0 radical (unpaired) electrons. The minimum absolute atomic E-state index is 0.0292. The van der Waals surface area contributed by atoms with E-state index < -0.39 is 45.3 Å². The molecule has 0 aliphatic heterocycles. The summed E-state index contributed by atoms with van der Waals surface area (Å²) in [5, 5.41) is 7.66. The lowest BCUT2D eigenvalue weighted by atomic mass is 10.0. The third-order valence-corrected chi connectivity index (χ3v) is 8.90. The molecule has 0 saturated heterocycles. The molecular weight excluding hydrogens is 652 g/mol. The molecule has 1 aliphatic rings. The minimum atomic E-state index is -5.01. The quantitative estimate of drug-likeness (QED) is 0.202. The summed E-state index contributed by atoms with van der Waals surface area (Å²) in [6.07, 6.45) is -2.53. The zero-order chi connectivity index (χ0) is 29.7. The number of alkyl halides is 3. The van der Waals surface area contributed by atoms with E-state index in [2.05, 4.69) is 31.1 Å². The number of hydrogen-bond donors (Lipinski definition) is 2. The molecular formula is C27H22BrClF4N4O3S. The summed E-state index contributed by atoms with van der Waals surface area (Å²) >= 11 is 8.76. The van der Waals surface area contributed by atoms with Crippen molar-refractivity contribution in [1.29, 1.82) is 0 Å². The van der Waals surface area contributed by atoms with Gasteiger partial charge in [0.2, 0.25) is 10.0 Å². The number of pyridine rings is 1. The van der Waals surface area contributed by atoms with Gasteiger partial charge in [-0.1, -0.05) is 29.8 Å². The third kappa shape index (κ3) is 6.07. The smallest absolute Gasteiger partial charge is 0.355 e. The number of aryl methyl sites for hydroxylation is 1. The maximum Gasteiger partial charge on any atom is 0.419 e. The van der Waals surface area contributed by atoms with Gasteiger partial charge in [0.15, 0.2) is 0 Å².